The maximum atomic E-state index is 3.60. The van der Waals surface area contributed by atoms with Crippen molar-refractivity contribution in [3.05, 3.63) is 23.0 Å². The number of hydrogen-bond donors (Lipinski definition) is 1. The monoisotopic (exact) mass is 204 g/mol. The van der Waals surface area contributed by atoms with Crippen molar-refractivity contribution in [2.24, 2.45) is 0 Å². The summed E-state index contributed by atoms with van der Waals surface area (Å²) in [4.78, 5) is 0. The van der Waals surface area contributed by atoms with Crippen LogP contribution >= 0.6 is 0 Å². The molecular weight excluding hydrogens is 184 g/mol. The highest BCUT2D eigenvalue weighted by molar-refractivity contribution is 5.28. The fraction of sp³-hybridized carbons (Fsp3) is 0.692. The van der Waals surface area contributed by atoms with Crippen LogP contribution < -0.4 is 5.32 Å². The second-order valence-electron chi connectivity index (χ2n) is 5.15. The van der Waals surface area contributed by atoms with E-state index in [9.17, 15) is 0 Å². The van der Waals surface area contributed by atoms with Gasteiger partial charge in [-0.05, 0) is 51.2 Å². The van der Waals surface area contributed by atoms with Gasteiger partial charge < -0.3 is 9.88 Å². The first-order valence-corrected chi connectivity index (χ1v) is 6.16. The maximum Gasteiger partial charge on any atom is 0.0337 e. The molecule has 2 fully saturated rings. The Morgan fingerprint density at radius 1 is 1.27 bits per heavy atom. The summed E-state index contributed by atoms with van der Waals surface area (Å²) in [6.07, 6.45) is 5.51. The van der Waals surface area contributed by atoms with Gasteiger partial charge in [0.15, 0.2) is 0 Å². The molecule has 2 nitrogen and oxygen atoms in total. The first-order valence-electron chi connectivity index (χ1n) is 6.16. The number of rotatable bonds is 4. The molecule has 0 amide bonds. The van der Waals surface area contributed by atoms with Crippen molar-refractivity contribution >= 4 is 0 Å². The van der Waals surface area contributed by atoms with Crippen LogP contribution in [0.25, 0.3) is 0 Å². The average molecular weight is 204 g/mol. The zero-order valence-electron chi connectivity index (χ0n) is 9.71. The molecular formula is C13H20N2. The highest BCUT2D eigenvalue weighted by Crippen LogP contribution is 2.38. The van der Waals surface area contributed by atoms with E-state index in [0.717, 1.165) is 18.6 Å². The lowest BCUT2D eigenvalue weighted by molar-refractivity contribution is 0.666. The molecule has 1 aromatic heterocycles. The third kappa shape index (κ3) is 1.83. The summed E-state index contributed by atoms with van der Waals surface area (Å²) < 4.78 is 2.53. The Balaban J connectivity index is 1.77. The molecule has 3 rings (SSSR count). The maximum absolute atomic E-state index is 3.60. The Kier molecular flexibility index (Phi) is 2.13. The molecule has 0 bridgehead atoms. The molecule has 0 aliphatic heterocycles. The van der Waals surface area contributed by atoms with E-state index in [1.165, 1.54) is 42.6 Å². The van der Waals surface area contributed by atoms with Gasteiger partial charge in [-0.15, -0.1) is 0 Å². The molecule has 0 radical (unpaired) electrons. The Bertz CT molecular complexity index is 370. The van der Waals surface area contributed by atoms with Crippen molar-refractivity contribution < 1.29 is 0 Å². The minimum atomic E-state index is 0.814. The third-order valence-corrected chi connectivity index (χ3v) is 3.66. The van der Waals surface area contributed by atoms with Gasteiger partial charge in [0, 0.05) is 30.0 Å². The van der Waals surface area contributed by atoms with Gasteiger partial charge in [0.2, 0.25) is 0 Å². The molecule has 1 heterocycles. The molecule has 15 heavy (non-hydrogen) atoms. The van der Waals surface area contributed by atoms with Crippen LogP contribution in [0.15, 0.2) is 6.07 Å². The van der Waals surface area contributed by atoms with E-state index in [1.54, 1.807) is 0 Å². The molecule has 0 unspecified atom stereocenters. The number of nitrogens with zero attached hydrogens (tertiary/aromatic N) is 1. The van der Waals surface area contributed by atoms with E-state index < -0.39 is 0 Å². The van der Waals surface area contributed by atoms with E-state index in [1.807, 2.05) is 0 Å². The molecule has 2 aliphatic carbocycles. The highest BCUT2D eigenvalue weighted by atomic mass is 15.1. The number of nitrogens with one attached hydrogen (secondary N) is 1. The van der Waals surface area contributed by atoms with Crippen LogP contribution in [0.1, 0.15) is 48.7 Å². The number of aromatic nitrogens is 1. The van der Waals surface area contributed by atoms with Crippen molar-refractivity contribution in [1.29, 1.82) is 0 Å². The fourth-order valence-corrected chi connectivity index (χ4v) is 2.46. The Morgan fingerprint density at radius 3 is 2.60 bits per heavy atom. The van der Waals surface area contributed by atoms with Crippen LogP contribution in [0.3, 0.4) is 0 Å². The molecule has 0 aromatic carbocycles. The predicted molar refractivity (Wildman–Crippen MR) is 62.0 cm³/mol. The Morgan fingerprint density at radius 2 is 2.00 bits per heavy atom. The van der Waals surface area contributed by atoms with Crippen molar-refractivity contribution in [2.75, 3.05) is 0 Å². The second-order valence-corrected chi connectivity index (χ2v) is 5.15. The third-order valence-electron chi connectivity index (χ3n) is 3.66. The largest absolute Gasteiger partial charge is 0.346 e. The SMILES string of the molecule is Cc1cc(CNC2CC2)c(C)n1C1CC1. The van der Waals surface area contributed by atoms with Crippen molar-refractivity contribution in [2.45, 2.75) is 58.2 Å². The minimum Gasteiger partial charge on any atom is -0.346 e. The summed E-state index contributed by atoms with van der Waals surface area (Å²) in [5.74, 6) is 0. The van der Waals surface area contributed by atoms with Crippen LogP contribution in [0, 0.1) is 13.8 Å². The van der Waals surface area contributed by atoms with Crippen molar-refractivity contribution in [1.82, 2.24) is 9.88 Å². The van der Waals surface area contributed by atoms with Gasteiger partial charge >= 0.3 is 0 Å². The predicted octanol–water partition coefficient (Wildman–Crippen LogP) is 2.69. The van der Waals surface area contributed by atoms with E-state index in [0.29, 0.717) is 0 Å². The average Bonchev–Trinajstić information content (AvgIpc) is 3.06. The van der Waals surface area contributed by atoms with Crippen LogP contribution in [-0.4, -0.2) is 10.6 Å². The van der Waals surface area contributed by atoms with Crippen LogP contribution in [0.5, 0.6) is 0 Å². The Labute approximate surface area is 91.7 Å². The molecule has 1 aromatic rings. The van der Waals surface area contributed by atoms with E-state index >= 15 is 0 Å². The lowest BCUT2D eigenvalue weighted by atomic mass is 10.2. The van der Waals surface area contributed by atoms with Crippen LogP contribution in [-0.2, 0) is 6.54 Å². The zero-order valence-corrected chi connectivity index (χ0v) is 9.71. The van der Waals surface area contributed by atoms with Gasteiger partial charge in [-0.25, -0.2) is 0 Å². The zero-order chi connectivity index (χ0) is 10.4. The first-order chi connectivity index (χ1) is 7.25. The van der Waals surface area contributed by atoms with Gasteiger partial charge in [-0.1, -0.05) is 0 Å². The molecule has 0 atom stereocenters. The highest BCUT2D eigenvalue weighted by Gasteiger charge is 2.27. The standard InChI is InChI=1S/C13H20N2/c1-9-7-11(8-14-12-3-4-12)10(2)15(9)13-5-6-13/h7,12-14H,3-6,8H2,1-2H3. The molecule has 1 N–H and O–H groups in total. The van der Waals surface area contributed by atoms with Crippen molar-refractivity contribution in [3.8, 4) is 0 Å². The topological polar surface area (TPSA) is 17.0 Å². The quantitative estimate of drug-likeness (QED) is 0.798. The summed E-state index contributed by atoms with van der Waals surface area (Å²) in [5, 5.41) is 3.60. The van der Waals surface area contributed by atoms with E-state index in [2.05, 4.69) is 29.8 Å². The van der Waals surface area contributed by atoms with Gasteiger partial charge in [-0.2, -0.15) is 0 Å². The lowest BCUT2D eigenvalue weighted by Gasteiger charge is -2.08. The minimum absolute atomic E-state index is 0.814. The van der Waals surface area contributed by atoms with E-state index in [4.69, 9.17) is 0 Å². The second kappa shape index (κ2) is 3.38. The normalized spacial score (nSPS) is 20.9. The van der Waals surface area contributed by atoms with Crippen LogP contribution in [0.4, 0.5) is 0 Å². The number of hydrogen-bond acceptors (Lipinski definition) is 1. The fourth-order valence-electron chi connectivity index (χ4n) is 2.46. The van der Waals surface area contributed by atoms with Crippen molar-refractivity contribution in [3.63, 3.8) is 0 Å². The summed E-state index contributed by atoms with van der Waals surface area (Å²) in [6.45, 7) is 5.58. The van der Waals surface area contributed by atoms with Gasteiger partial charge in [0.25, 0.3) is 0 Å². The Hall–Kier alpha value is -0.760. The molecule has 2 saturated carbocycles. The van der Waals surface area contributed by atoms with Gasteiger partial charge in [0.05, 0.1) is 0 Å². The van der Waals surface area contributed by atoms with E-state index in [-0.39, 0.29) is 0 Å². The summed E-state index contributed by atoms with van der Waals surface area (Å²) >= 11 is 0. The number of aryl methyl sites for hydroxylation is 1. The molecule has 0 saturated heterocycles. The summed E-state index contributed by atoms with van der Waals surface area (Å²) in [5.41, 5.74) is 4.44. The smallest absolute Gasteiger partial charge is 0.0337 e. The van der Waals surface area contributed by atoms with Gasteiger partial charge in [0.1, 0.15) is 0 Å². The first kappa shape index (κ1) is 9.46. The van der Waals surface area contributed by atoms with Crippen LogP contribution in [0.2, 0.25) is 0 Å². The molecule has 0 spiro atoms. The summed E-state index contributed by atoms with van der Waals surface area (Å²) in [6, 6.07) is 4.00. The molecule has 2 aliphatic rings. The van der Waals surface area contributed by atoms with Gasteiger partial charge in [-0.3, -0.25) is 0 Å². The molecule has 82 valence electrons. The summed E-state index contributed by atoms with van der Waals surface area (Å²) in [7, 11) is 0. The lowest BCUT2D eigenvalue weighted by Crippen LogP contribution is -2.15. The molecule has 2 heteroatoms.